The third kappa shape index (κ3) is 5.85. The molecule has 5 N–H and O–H groups in total. The first-order valence-electron chi connectivity index (χ1n) is 9.61. The minimum absolute atomic E-state index is 0.0965. The maximum Gasteiger partial charge on any atom is 0.328 e. The van der Waals surface area contributed by atoms with Gasteiger partial charge in [-0.15, -0.1) is 0 Å². The standard InChI is InChI=1S/C22H23BrN4O4/c1-31-21(29)19(10-14-12-25-17-8-3-2-7-16(14)17)26-20(28)11-18(27-22(24)30)13-5-4-6-15(23)9-13/h2-9,12,18-19,25H,10-11H2,1H3,(H,26,28)(H3,24,27,30)/t18-,19-/m0/s1. The average Bonchev–Trinajstić information content (AvgIpc) is 3.15. The smallest absolute Gasteiger partial charge is 0.328 e. The van der Waals surface area contributed by atoms with E-state index < -0.39 is 30.0 Å². The fraction of sp³-hybridized carbons (Fsp3) is 0.227. The predicted octanol–water partition coefficient (Wildman–Crippen LogP) is 2.93. The van der Waals surface area contributed by atoms with E-state index in [9.17, 15) is 14.4 Å². The summed E-state index contributed by atoms with van der Waals surface area (Å²) >= 11 is 3.38. The molecule has 0 spiro atoms. The SMILES string of the molecule is COC(=O)[C@H](Cc1c[nH]c2ccccc12)NC(=O)C[C@H](NC(N)=O)c1cccc(Br)c1. The van der Waals surface area contributed by atoms with Crippen LogP contribution in [0.3, 0.4) is 0 Å². The van der Waals surface area contributed by atoms with Crippen LogP contribution in [0.4, 0.5) is 4.79 Å². The number of nitrogens with two attached hydrogens (primary N) is 1. The number of amides is 3. The molecule has 0 saturated heterocycles. The predicted molar refractivity (Wildman–Crippen MR) is 120 cm³/mol. The van der Waals surface area contributed by atoms with Crippen LogP contribution in [-0.2, 0) is 20.7 Å². The molecule has 3 aromatic rings. The van der Waals surface area contributed by atoms with Crippen molar-refractivity contribution >= 4 is 44.7 Å². The lowest BCUT2D eigenvalue weighted by Crippen LogP contribution is -2.44. The molecular weight excluding hydrogens is 464 g/mol. The number of methoxy groups -OCH3 is 1. The van der Waals surface area contributed by atoms with E-state index in [1.165, 1.54) is 7.11 Å². The van der Waals surface area contributed by atoms with Crippen LogP contribution < -0.4 is 16.4 Å². The number of nitrogens with one attached hydrogen (secondary N) is 3. The zero-order valence-electron chi connectivity index (χ0n) is 16.9. The minimum atomic E-state index is -0.881. The van der Waals surface area contributed by atoms with E-state index in [1.54, 1.807) is 18.2 Å². The minimum Gasteiger partial charge on any atom is -0.467 e. The topological polar surface area (TPSA) is 126 Å². The van der Waals surface area contributed by atoms with Gasteiger partial charge in [0.1, 0.15) is 6.04 Å². The van der Waals surface area contributed by atoms with Crippen molar-refractivity contribution in [1.82, 2.24) is 15.6 Å². The molecule has 3 rings (SSSR count). The first-order valence-corrected chi connectivity index (χ1v) is 10.4. The molecule has 0 saturated carbocycles. The van der Waals surface area contributed by atoms with Gasteiger partial charge < -0.3 is 26.1 Å². The molecule has 9 heteroatoms. The fourth-order valence-electron chi connectivity index (χ4n) is 3.44. The highest BCUT2D eigenvalue weighted by molar-refractivity contribution is 9.10. The molecule has 2 atom stereocenters. The van der Waals surface area contributed by atoms with Crippen molar-refractivity contribution in [3.63, 3.8) is 0 Å². The Morgan fingerprint density at radius 1 is 1.13 bits per heavy atom. The summed E-state index contributed by atoms with van der Waals surface area (Å²) in [6.07, 6.45) is 1.97. The molecule has 31 heavy (non-hydrogen) atoms. The van der Waals surface area contributed by atoms with Gasteiger partial charge in [-0.1, -0.05) is 46.3 Å². The zero-order valence-corrected chi connectivity index (χ0v) is 18.4. The summed E-state index contributed by atoms with van der Waals surface area (Å²) in [5.41, 5.74) is 7.81. The molecule has 3 amide bonds. The molecule has 0 aliphatic heterocycles. The van der Waals surface area contributed by atoms with Gasteiger partial charge in [0.05, 0.1) is 19.6 Å². The van der Waals surface area contributed by atoms with E-state index in [1.807, 2.05) is 36.5 Å². The second-order valence-corrected chi connectivity index (χ2v) is 7.94. The van der Waals surface area contributed by atoms with Crippen molar-refractivity contribution in [2.45, 2.75) is 24.9 Å². The Kier molecular flexibility index (Phi) is 7.30. The number of primary amides is 1. The summed E-state index contributed by atoms with van der Waals surface area (Å²) in [4.78, 5) is 39.7. The number of para-hydroxylation sites is 1. The van der Waals surface area contributed by atoms with E-state index in [-0.39, 0.29) is 12.8 Å². The summed E-state index contributed by atoms with van der Waals surface area (Å²) < 4.78 is 5.68. The number of benzene rings is 2. The Hall–Kier alpha value is -3.33. The Morgan fingerprint density at radius 3 is 2.61 bits per heavy atom. The van der Waals surface area contributed by atoms with Crippen LogP contribution in [0.1, 0.15) is 23.6 Å². The first kappa shape index (κ1) is 22.4. The molecule has 1 aromatic heterocycles. The summed E-state index contributed by atoms with van der Waals surface area (Å²) in [7, 11) is 1.27. The molecular formula is C22H23BrN4O4. The van der Waals surface area contributed by atoms with Crippen LogP contribution in [-0.4, -0.2) is 36.0 Å². The summed E-state index contributed by atoms with van der Waals surface area (Å²) in [5, 5.41) is 6.27. The van der Waals surface area contributed by atoms with Crippen LogP contribution in [0.25, 0.3) is 10.9 Å². The largest absolute Gasteiger partial charge is 0.467 e. The normalized spacial score (nSPS) is 12.7. The van der Waals surface area contributed by atoms with E-state index in [0.717, 1.165) is 20.9 Å². The lowest BCUT2D eigenvalue weighted by atomic mass is 10.0. The van der Waals surface area contributed by atoms with Crippen LogP contribution >= 0.6 is 15.9 Å². The summed E-state index contributed by atoms with van der Waals surface area (Å²) in [5.74, 6) is -0.977. The molecule has 162 valence electrons. The number of H-pyrrole nitrogens is 1. The van der Waals surface area contributed by atoms with Gasteiger partial charge in [0.15, 0.2) is 0 Å². The highest BCUT2D eigenvalue weighted by atomic mass is 79.9. The Balaban J connectivity index is 1.76. The second-order valence-electron chi connectivity index (χ2n) is 7.03. The number of carbonyl (C=O) groups is 3. The number of carbonyl (C=O) groups excluding carboxylic acids is 3. The molecule has 0 radical (unpaired) electrons. The maximum atomic E-state index is 12.8. The summed E-state index contributed by atoms with van der Waals surface area (Å²) in [6, 6.07) is 12.6. The number of aromatic amines is 1. The lowest BCUT2D eigenvalue weighted by Gasteiger charge is -2.21. The molecule has 2 aromatic carbocycles. The van der Waals surface area contributed by atoms with Crippen LogP contribution in [0.15, 0.2) is 59.2 Å². The van der Waals surface area contributed by atoms with Crippen molar-refractivity contribution in [2.75, 3.05) is 7.11 Å². The van der Waals surface area contributed by atoms with Gasteiger partial charge in [-0.05, 0) is 29.3 Å². The quantitative estimate of drug-likeness (QED) is 0.365. The number of halogens is 1. The summed E-state index contributed by atoms with van der Waals surface area (Å²) in [6.45, 7) is 0. The lowest BCUT2D eigenvalue weighted by molar-refractivity contribution is -0.145. The second kappa shape index (κ2) is 10.1. The van der Waals surface area contributed by atoms with E-state index in [4.69, 9.17) is 10.5 Å². The Labute approximate surface area is 187 Å². The number of hydrogen-bond donors (Lipinski definition) is 4. The van der Waals surface area contributed by atoms with Gasteiger partial charge in [-0.3, -0.25) is 4.79 Å². The van der Waals surface area contributed by atoms with Gasteiger partial charge in [-0.2, -0.15) is 0 Å². The first-order chi connectivity index (χ1) is 14.9. The van der Waals surface area contributed by atoms with Crippen molar-refractivity contribution < 1.29 is 19.1 Å². The monoisotopic (exact) mass is 486 g/mol. The fourth-order valence-corrected chi connectivity index (χ4v) is 3.86. The Bertz CT molecular complexity index is 1100. The van der Waals surface area contributed by atoms with E-state index in [2.05, 4.69) is 31.5 Å². The van der Waals surface area contributed by atoms with Crippen molar-refractivity contribution in [3.8, 4) is 0 Å². The number of aromatic nitrogens is 1. The highest BCUT2D eigenvalue weighted by Gasteiger charge is 2.25. The maximum absolute atomic E-state index is 12.8. The van der Waals surface area contributed by atoms with Crippen molar-refractivity contribution in [3.05, 3.63) is 70.3 Å². The number of esters is 1. The van der Waals surface area contributed by atoms with Crippen LogP contribution in [0.2, 0.25) is 0 Å². The number of hydrogen-bond acceptors (Lipinski definition) is 4. The molecule has 0 aliphatic carbocycles. The van der Waals surface area contributed by atoms with Gasteiger partial charge in [-0.25, -0.2) is 9.59 Å². The number of rotatable bonds is 8. The number of fused-ring (bicyclic) bond motifs is 1. The molecule has 0 fully saturated rings. The van der Waals surface area contributed by atoms with Gasteiger partial charge in [0.2, 0.25) is 5.91 Å². The molecule has 0 aliphatic rings. The van der Waals surface area contributed by atoms with Crippen molar-refractivity contribution in [1.29, 1.82) is 0 Å². The highest BCUT2D eigenvalue weighted by Crippen LogP contribution is 2.22. The number of urea groups is 1. The van der Waals surface area contributed by atoms with Crippen LogP contribution in [0, 0.1) is 0 Å². The van der Waals surface area contributed by atoms with E-state index in [0.29, 0.717) is 5.56 Å². The molecule has 0 unspecified atom stereocenters. The van der Waals surface area contributed by atoms with E-state index >= 15 is 0 Å². The number of ether oxygens (including phenoxy) is 1. The molecule has 8 nitrogen and oxygen atoms in total. The third-order valence-electron chi connectivity index (χ3n) is 4.88. The Morgan fingerprint density at radius 2 is 1.90 bits per heavy atom. The molecule has 1 heterocycles. The zero-order chi connectivity index (χ0) is 22.4. The third-order valence-corrected chi connectivity index (χ3v) is 5.37. The van der Waals surface area contributed by atoms with Gasteiger partial charge >= 0.3 is 12.0 Å². The van der Waals surface area contributed by atoms with Gasteiger partial charge in [0.25, 0.3) is 0 Å². The molecule has 0 bridgehead atoms. The average molecular weight is 487 g/mol. The van der Waals surface area contributed by atoms with Crippen LogP contribution in [0.5, 0.6) is 0 Å². The van der Waals surface area contributed by atoms with Gasteiger partial charge in [0, 0.05) is 28.0 Å². The van der Waals surface area contributed by atoms with Crippen molar-refractivity contribution in [2.24, 2.45) is 5.73 Å².